The van der Waals surface area contributed by atoms with Crippen molar-refractivity contribution in [1.82, 2.24) is 0 Å². The van der Waals surface area contributed by atoms with Crippen molar-refractivity contribution in [3.05, 3.63) is 35.4 Å². The maximum Gasteiger partial charge on any atom is 0.0915 e. The zero-order chi connectivity index (χ0) is 14.2. The first-order valence-corrected chi connectivity index (χ1v) is 7.81. The van der Waals surface area contributed by atoms with Crippen LogP contribution in [0.25, 0.3) is 0 Å². The summed E-state index contributed by atoms with van der Waals surface area (Å²) in [6.45, 7) is 2.27. The molecule has 0 aliphatic heterocycles. The van der Waals surface area contributed by atoms with Crippen LogP contribution in [0.2, 0.25) is 0 Å². The summed E-state index contributed by atoms with van der Waals surface area (Å²) >= 11 is 0. The van der Waals surface area contributed by atoms with E-state index in [1.165, 1.54) is 24.0 Å². The predicted molar refractivity (Wildman–Crippen MR) is 79.0 cm³/mol. The third-order valence-electron chi connectivity index (χ3n) is 5.34. The van der Waals surface area contributed by atoms with Crippen molar-refractivity contribution in [3.63, 3.8) is 0 Å². The molecule has 0 radical (unpaired) electrons. The zero-order valence-corrected chi connectivity index (χ0v) is 12.2. The van der Waals surface area contributed by atoms with Gasteiger partial charge in [-0.3, -0.25) is 0 Å². The minimum absolute atomic E-state index is 0.299. The molecule has 2 heteroatoms. The Balaban J connectivity index is 1.83. The molecular weight excluding hydrogens is 246 g/mol. The van der Waals surface area contributed by atoms with Crippen LogP contribution in [0.4, 0.5) is 0 Å². The van der Waals surface area contributed by atoms with Gasteiger partial charge in [0.2, 0.25) is 0 Å². The number of aliphatic hydroxyl groups excluding tert-OH is 1. The van der Waals surface area contributed by atoms with Crippen molar-refractivity contribution in [2.24, 2.45) is 17.3 Å². The lowest BCUT2D eigenvalue weighted by Crippen LogP contribution is -2.41. The molecule has 2 aliphatic rings. The highest BCUT2D eigenvalue weighted by Gasteiger charge is 2.47. The Morgan fingerprint density at radius 1 is 1.25 bits per heavy atom. The Hall–Kier alpha value is -1.33. The Kier molecular flexibility index (Phi) is 3.56. The van der Waals surface area contributed by atoms with Crippen LogP contribution in [0.15, 0.2) is 24.3 Å². The van der Waals surface area contributed by atoms with Gasteiger partial charge in [-0.05, 0) is 48.6 Å². The van der Waals surface area contributed by atoms with Gasteiger partial charge in [0.25, 0.3) is 0 Å². The minimum atomic E-state index is -0.592. The minimum Gasteiger partial charge on any atom is -0.391 e. The Labute approximate surface area is 121 Å². The number of nitriles is 1. The zero-order valence-electron chi connectivity index (χ0n) is 12.2. The lowest BCUT2D eigenvalue weighted by Gasteiger charge is -2.37. The Morgan fingerprint density at radius 2 is 1.90 bits per heavy atom. The first kappa shape index (κ1) is 13.6. The molecule has 0 amide bonds. The van der Waals surface area contributed by atoms with Gasteiger partial charge >= 0.3 is 0 Å². The summed E-state index contributed by atoms with van der Waals surface area (Å²) in [7, 11) is 0. The molecule has 1 saturated carbocycles. The maximum atomic E-state index is 10.9. The SMILES string of the molecule is CC1CCCC(C(O)C2(C#N)Cc3ccccc3C2)C1. The van der Waals surface area contributed by atoms with Crippen molar-refractivity contribution < 1.29 is 5.11 Å². The third kappa shape index (κ3) is 2.25. The normalized spacial score (nSPS) is 29.4. The summed E-state index contributed by atoms with van der Waals surface area (Å²) in [5.41, 5.74) is 1.90. The molecule has 0 spiro atoms. The summed E-state index contributed by atoms with van der Waals surface area (Å²) < 4.78 is 0. The van der Waals surface area contributed by atoms with Gasteiger partial charge in [-0.15, -0.1) is 0 Å². The van der Waals surface area contributed by atoms with Gasteiger partial charge in [-0.2, -0.15) is 5.26 Å². The standard InChI is InChI=1S/C18H23NO/c1-13-5-4-8-14(9-13)17(20)18(12-19)10-15-6-2-3-7-16(15)11-18/h2-3,6-7,13-14,17,20H,4-5,8-11H2,1H3. The maximum absolute atomic E-state index is 10.9. The molecule has 1 aromatic rings. The summed E-state index contributed by atoms with van der Waals surface area (Å²) in [4.78, 5) is 0. The summed E-state index contributed by atoms with van der Waals surface area (Å²) in [5.74, 6) is 0.982. The molecule has 2 nitrogen and oxygen atoms in total. The fraction of sp³-hybridized carbons (Fsp3) is 0.611. The number of benzene rings is 1. The quantitative estimate of drug-likeness (QED) is 0.893. The van der Waals surface area contributed by atoms with Crippen LogP contribution in [0, 0.1) is 28.6 Å². The van der Waals surface area contributed by atoms with Crippen molar-refractivity contribution in [2.75, 3.05) is 0 Å². The molecule has 1 aromatic carbocycles. The molecule has 0 aromatic heterocycles. The predicted octanol–water partition coefficient (Wildman–Crippen LogP) is 3.48. The second kappa shape index (κ2) is 5.22. The average molecular weight is 269 g/mol. The van der Waals surface area contributed by atoms with E-state index in [2.05, 4.69) is 25.1 Å². The topological polar surface area (TPSA) is 44.0 Å². The Morgan fingerprint density at radius 3 is 2.45 bits per heavy atom. The molecule has 0 heterocycles. The van der Waals surface area contributed by atoms with Gasteiger partial charge in [0, 0.05) is 0 Å². The highest BCUT2D eigenvalue weighted by molar-refractivity contribution is 5.38. The second-order valence-electron chi connectivity index (χ2n) is 6.87. The molecule has 106 valence electrons. The van der Waals surface area contributed by atoms with Gasteiger partial charge < -0.3 is 5.11 Å². The van der Waals surface area contributed by atoms with Crippen LogP contribution in [-0.2, 0) is 12.8 Å². The van der Waals surface area contributed by atoms with Crippen molar-refractivity contribution in [1.29, 1.82) is 5.26 Å². The first-order valence-electron chi connectivity index (χ1n) is 7.81. The van der Waals surface area contributed by atoms with Crippen molar-refractivity contribution in [3.8, 4) is 6.07 Å². The van der Waals surface area contributed by atoms with E-state index >= 15 is 0 Å². The van der Waals surface area contributed by atoms with Gasteiger partial charge in [0.15, 0.2) is 0 Å². The van der Waals surface area contributed by atoms with Crippen molar-refractivity contribution >= 4 is 0 Å². The highest BCUT2D eigenvalue weighted by Crippen LogP contribution is 2.45. The van der Waals surface area contributed by atoms with E-state index in [4.69, 9.17) is 0 Å². The van der Waals surface area contributed by atoms with Gasteiger partial charge in [-0.1, -0.05) is 44.0 Å². The van der Waals surface area contributed by atoms with Crippen LogP contribution >= 0.6 is 0 Å². The lowest BCUT2D eigenvalue weighted by molar-refractivity contribution is -0.00400. The second-order valence-corrected chi connectivity index (χ2v) is 6.87. The van der Waals surface area contributed by atoms with Crippen LogP contribution in [-0.4, -0.2) is 11.2 Å². The first-order chi connectivity index (χ1) is 9.64. The molecular formula is C18H23NO. The summed E-state index contributed by atoms with van der Waals surface area (Å²) in [6.07, 6.45) is 5.55. The monoisotopic (exact) mass is 269 g/mol. The van der Waals surface area contributed by atoms with Crippen LogP contribution in [0.1, 0.15) is 43.7 Å². The van der Waals surface area contributed by atoms with E-state index in [0.29, 0.717) is 24.7 Å². The van der Waals surface area contributed by atoms with E-state index in [1.54, 1.807) is 0 Å². The molecule has 0 bridgehead atoms. The van der Waals surface area contributed by atoms with Crippen LogP contribution in [0.5, 0.6) is 0 Å². The molecule has 20 heavy (non-hydrogen) atoms. The lowest BCUT2D eigenvalue weighted by atomic mass is 9.69. The molecule has 3 atom stereocenters. The van der Waals surface area contributed by atoms with Crippen LogP contribution < -0.4 is 0 Å². The van der Waals surface area contributed by atoms with Gasteiger partial charge in [-0.25, -0.2) is 0 Å². The fourth-order valence-electron chi connectivity index (χ4n) is 4.22. The smallest absolute Gasteiger partial charge is 0.0915 e. The number of aliphatic hydroxyl groups is 1. The summed E-state index contributed by atoms with van der Waals surface area (Å²) in [6, 6.07) is 10.7. The van der Waals surface area contributed by atoms with Crippen molar-refractivity contribution in [2.45, 2.75) is 51.6 Å². The van der Waals surface area contributed by atoms with E-state index in [0.717, 1.165) is 12.8 Å². The number of hydrogen-bond acceptors (Lipinski definition) is 2. The van der Waals surface area contributed by atoms with Gasteiger partial charge in [0.1, 0.15) is 0 Å². The highest BCUT2D eigenvalue weighted by atomic mass is 16.3. The largest absolute Gasteiger partial charge is 0.391 e. The number of fused-ring (bicyclic) bond motifs is 1. The number of hydrogen-bond donors (Lipinski definition) is 1. The van der Waals surface area contributed by atoms with Gasteiger partial charge in [0.05, 0.1) is 17.6 Å². The van der Waals surface area contributed by atoms with E-state index in [9.17, 15) is 10.4 Å². The van der Waals surface area contributed by atoms with Crippen LogP contribution in [0.3, 0.4) is 0 Å². The summed E-state index contributed by atoms with van der Waals surface area (Å²) in [5, 5.41) is 20.6. The average Bonchev–Trinajstić information content (AvgIpc) is 2.86. The number of rotatable bonds is 2. The molecule has 2 aliphatic carbocycles. The third-order valence-corrected chi connectivity index (χ3v) is 5.34. The Bertz CT molecular complexity index is 505. The van der Waals surface area contributed by atoms with E-state index in [-0.39, 0.29) is 0 Å². The molecule has 0 saturated heterocycles. The fourth-order valence-corrected chi connectivity index (χ4v) is 4.22. The van der Waals surface area contributed by atoms with E-state index in [1.807, 2.05) is 12.1 Å². The molecule has 1 fully saturated rings. The number of nitrogens with zero attached hydrogens (tertiary/aromatic N) is 1. The molecule has 3 unspecified atom stereocenters. The molecule has 1 N–H and O–H groups in total. The molecule has 3 rings (SSSR count). The van der Waals surface area contributed by atoms with E-state index < -0.39 is 11.5 Å².